The molecule has 0 aromatic heterocycles. The van der Waals surface area contributed by atoms with E-state index in [4.69, 9.17) is 22.9 Å². The highest BCUT2D eigenvalue weighted by molar-refractivity contribution is 5.97. The van der Waals surface area contributed by atoms with Crippen molar-refractivity contribution in [3.05, 3.63) is 35.9 Å². The average molecular weight is 684 g/mol. The Balaban J connectivity index is 1.47. The molecule has 1 aromatic rings. The summed E-state index contributed by atoms with van der Waals surface area (Å²) in [5.74, 6) is -4.38. The van der Waals surface area contributed by atoms with Crippen LogP contribution in [0, 0.1) is 5.92 Å². The van der Waals surface area contributed by atoms with Crippen LogP contribution in [-0.2, 0) is 35.2 Å². The molecule has 5 amide bonds. The van der Waals surface area contributed by atoms with E-state index in [1.165, 1.54) is 4.90 Å². The lowest BCUT2D eigenvalue weighted by Crippen LogP contribution is -2.59. The Labute approximate surface area is 285 Å². The van der Waals surface area contributed by atoms with Crippen LogP contribution in [0.5, 0.6) is 0 Å². The largest absolute Gasteiger partial charge is 0.481 e. The summed E-state index contributed by atoms with van der Waals surface area (Å²) in [5, 5.41) is 14.5. The van der Waals surface area contributed by atoms with Gasteiger partial charge in [0, 0.05) is 25.6 Å². The number of aliphatic imine (C=N–C) groups is 1. The van der Waals surface area contributed by atoms with E-state index in [9.17, 15) is 33.9 Å². The van der Waals surface area contributed by atoms with Crippen LogP contribution in [0.4, 0.5) is 0 Å². The Bertz CT molecular complexity index is 1400. The number of nitrogens with one attached hydrogen (secondary N) is 2. The van der Waals surface area contributed by atoms with E-state index in [1.54, 1.807) is 35.2 Å². The second kappa shape index (κ2) is 17.1. The van der Waals surface area contributed by atoms with Gasteiger partial charge in [-0.05, 0) is 56.4 Å². The monoisotopic (exact) mass is 683 g/mol. The highest BCUT2D eigenvalue weighted by Crippen LogP contribution is 2.41. The van der Waals surface area contributed by atoms with E-state index in [2.05, 4.69) is 15.6 Å². The number of aliphatic carboxylic acids is 1. The third-order valence-electron chi connectivity index (χ3n) is 9.71. The van der Waals surface area contributed by atoms with Crippen LogP contribution >= 0.6 is 0 Å². The van der Waals surface area contributed by atoms with Gasteiger partial charge in [0.1, 0.15) is 24.2 Å². The van der Waals surface area contributed by atoms with Crippen molar-refractivity contribution in [3.63, 3.8) is 0 Å². The number of carbonyl (C=O) groups is 6. The summed E-state index contributed by atoms with van der Waals surface area (Å²) in [7, 11) is 0. The summed E-state index contributed by atoms with van der Waals surface area (Å²) in [4.78, 5) is 85.8. The molecule has 3 fully saturated rings. The maximum absolute atomic E-state index is 14.2. The van der Waals surface area contributed by atoms with E-state index >= 15 is 0 Å². The number of carboxylic acids is 1. The Kier molecular flexibility index (Phi) is 12.9. The molecule has 49 heavy (non-hydrogen) atoms. The topological polar surface area (TPSA) is 270 Å². The first-order valence-corrected chi connectivity index (χ1v) is 17.0. The molecule has 0 bridgehead atoms. The van der Waals surface area contributed by atoms with E-state index in [-0.39, 0.29) is 49.1 Å². The lowest BCUT2D eigenvalue weighted by molar-refractivity contribution is -0.149. The number of hydrogen-bond donors (Lipinski definition) is 7. The number of amides is 5. The van der Waals surface area contributed by atoms with Crippen molar-refractivity contribution >= 4 is 41.5 Å². The zero-order valence-electron chi connectivity index (χ0n) is 27.7. The van der Waals surface area contributed by atoms with Gasteiger partial charge in [-0.3, -0.25) is 33.8 Å². The number of hydrogen-bond acceptors (Lipinski definition) is 8. The van der Waals surface area contributed by atoms with Gasteiger partial charge in [-0.2, -0.15) is 0 Å². The summed E-state index contributed by atoms with van der Waals surface area (Å²) in [5.41, 5.74) is 23.4. The molecule has 1 saturated carbocycles. The number of likely N-dealkylation sites (tertiary alicyclic amines) is 2. The van der Waals surface area contributed by atoms with Crippen LogP contribution in [-0.4, -0.2) is 106 Å². The SMILES string of the molecule is NC(=O)[C@H](Cc1ccccc1)NC(=O)[C@@H](CC(=O)O)NC(=O)[C@@H]1CCCN1C(=O)[C@@H]1C[C@@H]2CCCC[C@@H]2N1C(=O)[C@H](N)CCCN=C(N)N. The molecule has 2 saturated heterocycles. The van der Waals surface area contributed by atoms with Crippen LogP contribution in [0.3, 0.4) is 0 Å². The fourth-order valence-corrected chi connectivity index (χ4v) is 7.32. The first kappa shape index (κ1) is 37.1. The molecule has 0 radical (unpaired) electrons. The predicted octanol–water partition coefficient (Wildman–Crippen LogP) is -1.31. The number of guanidine groups is 1. The lowest BCUT2D eigenvalue weighted by atomic mass is 9.84. The number of carbonyl (C=O) groups excluding carboxylic acids is 5. The van der Waals surface area contributed by atoms with E-state index < -0.39 is 60.3 Å². The molecule has 1 aromatic carbocycles. The van der Waals surface area contributed by atoms with Crippen LogP contribution in [0.25, 0.3) is 0 Å². The fraction of sp³-hybridized carbons (Fsp3) is 0.606. The van der Waals surface area contributed by atoms with Crippen LogP contribution in [0.1, 0.15) is 69.8 Å². The Hall–Kier alpha value is -4.73. The predicted molar refractivity (Wildman–Crippen MR) is 179 cm³/mol. The normalized spacial score (nSPS) is 23.4. The van der Waals surface area contributed by atoms with E-state index in [1.807, 2.05) is 0 Å². The van der Waals surface area contributed by atoms with Gasteiger partial charge in [-0.25, -0.2) is 0 Å². The molecule has 0 spiro atoms. The van der Waals surface area contributed by atoms with Gasteiger partial charge in [0.05, 0.1) is 12.5 Å². The third-order valence-corrected chi connectivity index (χ3v) is 9.71. The lowest BCUT2D eigenvalue weighted by Gasteiger charge is -2.37. The van der Waals surface area contributed by atoms with Crippen molar-refractivity contribution in [1.29, 1.82) is 0 Å². The van der Waals surface area contributed by atoms with Crippen molar-refractivity contribution in [1.82, 2.24) is 20.4 Å². The number of benzene rings is 1. The summed E-state index contributed by atoms with van der Waals surface area (Å²) < 4.78 is 0. The summed E-state index contributed by atoms with van der Waals surface area (Å²) in [6.45, 7) is 0.575. The number of nitrogens with zero attached hydrogens (tertiary/aromatic N) is 3. The second-order valence-corrected chi connectivity index (χ2v) is 13.2. The van der Waals surface area contributed by atoms with Gasteiger partial charge in [0.2, 0.25) is 29.5 Å². The first-order chi connectivity index (χ1) is 23.4. The maximum Gasteiger partial charge on any atom is 0.305 e. The average Bonchev–Trinajstić information content (AvgIpc) is 3.71. The second-order valence-electron chi connectivity index (χ2n) is 13.2. The van der Waals surface area contributed by atoms with Crippen molar-refractivity contribution < 1.29 is 33.9 Å². The van der Waals surface area contributed by atoms with Crippen molar-refractivity contribution in [2.75, 3.05) is 13.1 Å². The zero-order chi connectivity index (χ0) is 35.7. The molecule has 3 aliphatic rings. The van der Waals surface area contributed by atoms with Gasteiger partial charge in [-0.1, -0.05) is 43.2 Å². The van der Waals surface area contributed by atoms with Crippen LogP contribution in [0.15, 0.2) is 35.3 Å². The number of rotatable bonds is 15. The Morgan fingerprint density at radius 1 is 0.918 bits per heavy atom. The summed E-state index contributed by atoms with van der Waals surface area (Å²) in [6.07, 6.45) is 4.92. The molecule has 2 aliphatic heterocycles. The molecule has 1 aliphatic carbocycles. The van der Waals surface area contributed by atoms with Gasteiger partial charge in [0.15, 0.2) is 5.96 Å². The van der Waals surface area contributed by atoms with Crippen molar-refractivity contribution in [2.45, 2.75) is 107 Å². The number of fused-ring (bicyclic) bond motifs is 1. The molecule has 2 heterocycles. The molecular weight excluding hydrogens is 634 g/mol. The maximum atomic E-state index is 14.2. The Morgan fingerprint density at radius 3 is 2.31 bits per heavy atom. The highest BCUT2D eigenvalue weighted by Gasteiger charge is 2.51. The third kappa shape index (κ3) is 9.68. The molecular formula is C33H49N9O7. The molecule has 7 atom stereocenters. The molecule has 16 nitrogen and oxygen atoms in total. The van der Waals surface area contributed by atoms with Crippen molar-refractivity contribution in [3.8, 4) is 0 Å². The van der Waals surface area contributed by atoms with Gasteiger partial charge < -0.3 is 48.5 Å². The highest BCUT2D eigenvalue weighted by atomic mass is 16.4. The van der Waals surface area contributed by atoms with Gasteiger partial charge in [0.25, 0.3) is 0 Å². The van der Waals surface area contributed by atoms with Gasteiger partial charge >= 0.3 is 5.97 Å². The molecule has 11 N–H and O–H groups in total. The molecule has 4 rings (SSSR count). The zero-order valence-corrected chi connectivity index (χ0v) is 27.7. The molecule has 16 heteroatoms. The summed E-state index contributed by atoms with van der Waals surface area (Å²) in [6, 6.07) is 3.35. The number of primary amides is 1. The Morgan fingerprint density at radius 2 is 1.63 bits per heavy atom. The summed E-state index contributed by atoms with van der Waals surface area (Å²) >= 11 is 0. The van der Waals surface area contributed by atoms with E-state index in [0.717, 1.165) is 31.2 Å². The van der Waals surface area contributed by atoms with Crippen LogP contribution < -0.4 is 33.6 Å². The minimum Gasteiger partial charge on any atom is -0.481 e. The smallest absolute Gasteiger partial charge is 0.305 e. The number of nitrogens with two attached hydrogens (primary N) is 4. The standard InChI is InChI=1S/C33H49N9O7/c34-21(11-6-14-38-33(36)37)31(48)42-24-12-5-4-10-20(24)17-26(42)32(49)41-15-7-13-25(41)30(47)40-23(18-27(43)44)29(46)39-22(28(35)45)16-19-8-2-1-3-9-19/h1-3,8-9,20-26H,4-7,10-18,34H2,(H2,35,45)(H,39,46)(H,40,47)(H,43,44)(H4,36,37,38)/t20-,21+,22-,23+,24-,25-,26-/m0/s1. The molecule has 268 valence electrons. The van der Waals surface area contributed by atoms with Crippen LogP contribution in [0.2, 0.25) is 0 Å². The first-order valence-electron chi connectivity index (χ1n) is 17.0. The number of carboxylic acid groups (broad SMARTS) is 1. The van der Waals surface area contributed by atoms with E-state index in [0.29, 0.717) is 32.2 Å². The fourth-order valence-electron chi connectivity index (χ4n) is 7.32. The quantitative estimate of drug-likeness (QED) is 0.0651. The minimum absolute atomic E-state index is 0.0489. The molecule has 0 unspecified atom stereocenters. The van der Waals surface area contributed by atoms with Crippen molar-refractivity contribution in [2.24, 2.45) is 33.8 Å². The minimum atomic E-state index is -1.54. The van der Waals surface area contributed by atoms with Gasteiger partial charge in [-0.15, -0.1) is 0 Å².